The second kappa shape index (κ2) is 71.4. The van der Waals surface area contributed by atoms with Gasteiger partial charge in [0.1, 0.15) is 0 Å². The van der Waals surface area contributed by atoms with E-state index >= 15 is 0 Å². The van der Waals surface area contributed by atoms with E-state index in [2.05, 4.69) is 67.8 Å². The highest BCUT2D eigenvalue weighted by Gasteiger charge is 2.18. The first-order valence-corrected chi connectivity index (χ1v) is 36.5. The third kappa shape index (κ3) is 66.9. The number of rotatable bonds is 68. The van der Waals surface area contributed by atoms with Crippen molar-refractivity contribution in [1.29, 1.82) is 0 Å². The molecule has 0 aromatic heterocycles. The van der Waals surface area contributed by atoms with Crippen LogP contribution in [0.1, 0.15) is 399 Å². The van der Waals surface area contributed by atoms with E-state index in [9.17, 15) is 15.0 Å². The Labute approximate surface area is 502 Å². The Bertz CT molecular complexity index is 1310. The molecule has 0 bridgehead atoms. The number of hydrogen-bond acceptors (Lipinski definition) is 3. The summed E-state index contributed by atoms with van der Waals surface area (Å²) in [7, 11) is 0. The molecule has 470 valence electrons. The average molecular weight is 1120 g/mol. The number of carbonyl (C=O) groups excluding carboxylic acids is 1. The van der Waals surface area contributed by atoms with Gasteiger partial charge in [0.25, 0.3) is 0 Å². The molecule has 0 spiro atoms. The van der Waals surface area contributed by atoms with E-state index in [1.807, 2.05) is 6.08 Å². The van der Waals surface area contributed by atoms with Crippen molar-refractivity contribution in [3.8, 4) is 0 Å². The molecule has 0 aliphatic carbocycles. The van der Waals surface area contributed by atoms with Gasteiger partial charge in [-0.15, -0.1) is 0 Å². The van der Waals surface area contributed by atoms with Gasteiger partial charge in [0.15, 0.2) is 0 Å². The zero-order chi connectivity index (χ0) is 57.6. The van der Waals surface area contributed by atoms with Crippen molar-refractivity contribution in [3.63, 3.8) is 0 Å². The molecule has 4 heteroatoms. The average Bonchev–Trinajstić information content (AvgIpc) is 3.46. The van der Waals surface area contributed by atoms with E-state index in [4.69, 9.17) is 0 Å². The summed E-state index contributed by atoms with van der Waals surface area (Å²) >= 11 is 0. The Morgan fingerprint density at radius 3 is 0.825 bits per heavy atom. The summed E-state index contributed by atoms with van der Waals surface area (Å²) in [4.78, 5) is 12.6. The zero-order valence-corrected chi connectivity index (χ0v) is 54.4. The molecular formula is C76H143NO3. The second-order valence-corrected chi connectivity index (χ2v) is 25.0. The number of unbranched alkanes of at least 4 members (excludes halogenated alkanes) is 53. The Hall–Kier alpha value is -1.91. The van der Waals surface area contributed by atoms with E-state index in [-0.39, 0.29) is 12.5 Å². The standard InChI is InChI=1S/C76H143NO3/c1-3-5-7-9-11-13-15-17-19-21-23-25-27-29-31-32-33-34-35-36-37-38-39-40-41-42-43-44-46-48-50-52-54-56-58-60-62-64-66-68-70-72-76(80)77-74(73-78)75(79)71-69-67-65-63-61-59-57-55-53-51-49-47-45-30-28-26-24-22-20-18-16-14-12-10-8-6-4-2/h5,7,11,13,17,19,23,25,69,71,74-75,78-79H,3-4,6,8-10,12,14-16,18,20-22,24,26-68,70,72-73H2,1-2H3,(H,77,80)/b7-5-,13-11-,19-17-,25-23-,71-69+. The number of hydrogen-bond donors (Lipinski definition) is 3. The highest BCUT2D eigenvalue weighted by Crippen LogP contribution is 2.19. The Kier molecular flexibility index (Phi) is 69.6. The fraction of sp³-hybridized carbons (Fsp3) is 0.855. The molecule has 0 rings (SSSR count). The Morgan fingerprint density at radius 2 is 0.550 bits per heavy atom. The number of aliphatic hydroxyl groups excluding tert-OH is 2. The molecule has 0 aromatic rings. The third-order valence-corrected chi connectivity index (χ3v) is 17.0. The Balaban J connectivity index is 3.39. The van der Waals surface area contributed by atoms with Gasteiger partial charge < -0.3 is 15.5 Å². The maximum Gasteiger partial charge on any atom is 0.220 e. The van der Waals surface area contributed by atoms with Crippen LogP contribution in [0.25, 0.3) is 0 Å². The van der Waals surface area contributed by atoms with Crippen LogP contribution in [0.5, 0.6) is 0 Å². The molecule has 0 radical (unpaired) electrons. The van der Waals surface area contributed by atoms with Crippen LogP contribution in [0.15, 0.2) is 60.8 Å². The van der Waals surface area contributed by atoms with Gasteiger partial charge >= 0.3 is 0 Å². The highest BCUT2D eigenvalue weighted by atomic mass is 16.3. The number of nitrogens with one attached hydrogen (secondary N) is 1. The first kappa shape index (κ1) is 78.1. The van der Waals surface area contributed by atoms with Crippen molar-refractivity contribution in [1.82, 2.24) is 5.32 Å². The normalized spacial score (nSPS) is 13.0. The maximum absolute atomic E-state index is 12.6. The lowest BCUT2D eigenvalue weighted by Gasteiger charge is -2.20. The van der Waals surface area contributed by atoms with Gasteiger partial charge in [-0.3, -0.25) is 4.79 Å². The van der Waals surface area contributed by atoms with Gasteiger partial charge in [0, 0.05) is 6.42 Å². The second-order valence-electron chi connectivity index (χ2n) is 25.0. The molecule has 4 nitrogen and oxygen atoms in total. The van der Waals surface area contributed by atoms with E-state index in [1.165, 1.54) is 327 Å². The topological polar surface area (TPSA) is 69.6 Å². The van der Waals surface area contributed by atoms with Crippen LogP contribution in [0.4, 0.5) is 0 Å². The minimum absolute atomic E-state index is 0.0553. The number of aliphatic hydroxyl groups is 2. The zero-order valence-electron chi connectivity index (χ0n) is 54.4. The molecule has 0 heterocycles. The van der Waals surface area contributed by atoms with Crippen LogP contribution in [0, 0.1) is 0 Å². The van der Waals surface area contributed by atoms with E-state index in [1.54, 1.807) is 6.08 Å². The van der Waals surface area contributed by atoms with Crippen LogP contribution < -0.4 is 5.32 Å². The van der Waals surface area contributed by atoms with Crippen molar-refractivity contribution in [2.75, 3.05) is 6.61 Å². The summed E-state index contributed by atoms with van der Waals surface area (Å²) in [5, 5.41) is 23.3. The van der Waals surface area contributed by atoms with Crippen molar-refractivity contribution in [2.24, 2.45) is 0 Å². The van der Waals surface area contributed by atoms with Crippen molar-refractivity contribution >= 4 is 5.91 Å². The van der Waals surface area contributed by atoms with E-state index < -0.39 is 12.1 Å². The van der Waals surface area contributed by atoms with Gasteiger partial charge in [-0.1, -0.05) is 396 Å². The van der Waals surface area contributed by atoms with Gasteiger partial charge in [-0.05, 0) is 57.8 Å². The first-order chi connectivity index (χ1) is 39.7. The molecule has 0 fully saturated rings. The van der Waals surface area contributed by atoms with Crippen molar-refractivity contribution in [2.45, 2.75) is 411 Å². The molecule has 0 aliphatic heterocycles. The van der Waals surface area contributed by atoms with Crippen LogP contribution in [0.3, 0.4) is 0 Å². The molecule has 1 amide bonds. The van der Waals surface area contributed by atoms with Gasteiger partial charge in [-0.25, -0.2) is 0 Å². The molecule has 0 saturated heterocycles. The monoisotopic (exact) mass is 1120 g/mol. The minimum Gasteiger partial charge on any atom is -0.394 e. The SMILES string of the molecule is CC/C=C\C/C=C\C/C=C\C/C=C\CCCCCCCCCCCCCCCCCCCCCCCCCCCCCCC(=O)NC(CO)C(O)/C=C/CCCCCCCCCCCCCCCCCCCCCCCCCCC. The first-order valence-electron chi connectivity index (χ1n) is 36.5. The minimum atomic E-state index is -0.840. The third-order valence-electron chi connectivity index (χ3n) is 17.0. The number of allylic oxidation sites excluding steroid dienone is 9. The van der Waals surface area contributed by atoms with Crippen molar-refractivity contribution < 1.29 is 15.0 Å². The molecule has 0 saturated carbocycles. The highest BCUT2D eigenvalue weighted by molar-refractivity contribution is 5.76. The summed E-state index contributed by atoms with van der Waals surface area (Å²) in [5.41, 5.74) is 0. The van der Waals surface area contributed by atoms with Crippen molar-refractivity contribution in [3.05, 3.63) is 60.8 Å². The lowest BCUT2D eigenvalue weighted by molar-refractivity contribution is -0.123. The van der Waals surface area contributed by atoms with Crippen LogP contribution in [0.2, 0.25) is 0 Å². The predicted molar refractivity (Wildman–Crippen MR) is 359 cm³/mol. The molecule has 80 heavy (non-hydrogen) atoms. The van der Waals surface area contributed by atoms with Crippen LogP contribution in [-0.2, 0) is 4.79 Å². The lowest BCUT2D eigenvalue weighted by atomic mass is 10.0. The fourth-order valence-corrected chi connectivity index (χ4v) is 11.5. The molecule has 2 unspecified atom stereocenters. The summed E-state index contributed by atoms with van der Waals surface area (Å²) in [6.45, 7) is 4.24. The summed E-state index contributed by atoms with van der Waals surface area (Å²) in [5.74, 6) is -0.0553. The smallest absolute Gasteiger partial charge is 0.220 e. The van der Waals surface area contributed by atoms with Crippen LogP contribution >= 0.6 is 0 Å². The predicted octanol–water partition coefficient (Wildman–Crippen LogP) is 25.1. The summed E-state index contributed by atoms with van der Waals surface area (Å²) < 4.78 is 0. The molecule has 3 N–H and O–H groups in total. The molecular weight excluding hydrogens is 975 g/mol. The van der Waals surface area contributed by atoms with Gasteiger partial charge in [0.05, 0.1) is 18.8 Å². The summed E-state index contributed by atoms with van der Waals surface area (Å²) in [6, 6.07) is -0.623. The number of amides is 1. The quantitative estimate of drug-likeness (QED) is 0.0420. The molecule has 0 aliphatic rings. The Morgan fingerprint density at radius 1 is 0.312 bits per heavy atom. The largest absolute Gasteiger partial charge is 0.394 e. The lowest BCUT2D eigenvalue weighted by Crippen LogP contribution is -2.45. The van der Waals surface area contributed by atoms with Gasteiger partial charge in [0.2, 0.25) is 5.91 Å². The molecule has 0 aromatic carbocycles. The van der Waals surface area contributed by atoms with E-state index in [0.717, 1.165) is 51.4 Å². The summed E-state index contributed by atoms with van der Waals surface area (Å²) in [6.07, 6.45) is 102. The molecule has 2 atom stereocenters. The number of carbonyl (C=O) groups is 1. The van der Waals surface area contributed by atoms with Crippen LogP contribution in [-0.4, -0.2) is 34.9 Å². The fourth-order valence-electron chi connectivity index (χ4n) is 11.5. The van der Waals surface area contributed by atoms with Gasteiger partial charge in [-0.2, -0.15) is 0 Å². The maximum atomic E-state index is 12.6. The van der Waals surface area contributed by atoms with E-state index in [0.29, 0.717) is 6.42 Å².